The quantitative estimate of drug-likeness (QED) is 0.746. The third-order valence-corrected chi connectivity index (χ3v) is 2.47. The number of methoxy groups -OCH3 is 1. The van der Waals surface area contributed by atoms with Crippen LogP contribution in [0.25, 0.3) is 11.1 Å². The molecule has 1 aromatic heterocycles. The van der Waals surface area contributed by atoms with Gasteiger partial charge in [0.25, 0.3) is 0 Å². The number of ether oxygens (including phenoxy) is 1. The number of hydrogen-bond acceptors (Lipinski definition) is 3. The summed E-state index contributed by atoms with van der Waals surface area (Å²) in [4.78, 5) is 11.6. The summed E-state index contributed by atoms with van der Waals surface area (Å²) in [6.07, 6.45) is 1.56. The zero-order valence-electron chi connectivity index (χ0n) is 9.48. The summed E-state index contributed by atoms with van der Waals surface area (Å²) in [5.74, 6) is -0.790. The van der Waals surface area contributed by atoms with Crippen molar-refractivity contribution in [2.45, 2.75) is 0 Å². The molecular formula is C12H11FN2O2. The van der Waals surface area contributed by atoms with E-state index < -0.39 is 5.97 Å². The van der Waals surface area contributed by atoms with Gasteiger partial charge in [-0.15, -0.1) is 0 Å². The zero-order chi connectivity index (χ0) is 12.4. The van der Waals surface area contributed by atoms with E-state index in [2.05, 4.69) is 9.84 Å². The van der Waals surface area contributed by atoms with E-state index in [1.807, 2.05) is 0 Å². The molecule has 0 saturated carbocycles. The van der Waals surface area contributed by atoms with E-state index >= 15 is 0 Å². The number of hydrogen-bond donors (Lipinski definition) is 0. The summed E-state index contributed by atoms with van der Waals surface area (Å²) in [7, 11) is 2.96. The van der Waals surface area contributed by atoms with E-state index in [4.69, 9.17) is 0 Å². The van der Waals surface area contributed by atoms with Crippen molar-refractivity contribution in [1.29, 1.82) is 0 Å². The lowest BCUT2D eigenvalue weighted by molar-refractivity contribution is 0.0589. The fraction of sp³-hybridized carbons (Fsp3) is 0.167. The Hall–Kier alpha value is -2.17. The van der Waals surface area contributed by atoms with Gasteiger partial charge in [-0.3, -0.25) is 4.68 Å². The van der Waals surface area contributed by atoms with Gasteiger partial charge < -0.3 is 4.74 Å². The second kappa shape index (κ2) is 4.37. The lowest BCUT2D eigenvalue weighted by Gasteiger charge is -2.04. The third kappa shape index (κ3) is 2.04. The van der Waals surface area contributed by atoms with Gasteiger partial charge in [-0.1, -0.05) is 12.1 Å². The number of esters is 1. The number of aromatic nitrogens is 2. The molecule has 4 nitrogen and oxygen atoms in total. The van der Waals surface area contributed by atoms with Crippen LogP contribution in [0.15, 0.2) is 30.5 Å². The number of nitrogens with zero attached hydrogens (tertiary/aromatic N) is 2. The first kappa shape index (κ1) is 11.3. The van der Waals surface area contributed by atoms with Crippen molar-refractivity contribution in [2.24, 2.45) is 7.05 Å². The van der Waals surface area contributed by atoms with E-state index in [1.165, 1.54) is 23.9 Å². The van der Waals surface area contributed by atoms with Crippen LogP contribution in [0.1, 0.15) is 10.5 Å². The van der Waals surface area contributed by atoms with Crippen LogP contribution in [0.4, 0.5) is 4.39 Å². The molecule has 0 N–H and O–H groups in total. The molecule has 0 radical (unpaired) electrons. The average molecular weight is 234 g/mol. The molecule has 1 aromatic carbocycles. The molecule has 0 bridgehead atoms. The first-order valence-electron chi connectivity index (χ1n) is 4.99. The Bertz CT molecular complexity index is 546. The molecule has 2 rings (SSSR count). The largest absolute Gasteiger partial charge is 0.464 e. The average Bonchev–Trinajstić information content (AvgIpc) is 2.71. The van der Waals surface area contributed by atoms with Gasteiger partial charge >= 0.3 is 5.97 Å². The molecule has 0 unspecified atom stereocenters. The summed E-state index contributed by atoms with van der Waals surface area (Å²) in [5, 5.41) is 4.01. The van der Waals surface area contributed by atoms with E-state index in [0.29, 0.717) is 11.3 Å². The zero-order valence-corrected chi connectivity index (χ0v) is 9.48. The Morgan fingerprint density at radius 1 is 1.35 bits per heavy atom. The van der Waals surface area contributed by atoms with Crippen LogP contribution in [0, 0.1) is 5.82 Å². The maximum Gasteiger partial charge on any atom is 0.356 e. The Morgan fingerprint density at radius 3 is 2.59 bits per heavy atom. The molecule has 2 aromatic rings. The minimum absolute atomic E-state index is 0.322. The minimum atomic E-state index is -0.468. The molecule has 0 aliphatic rings. The fourth-order valence-corrected chi connectivity index (χ4v) is 1.62. The Labute approximate surface area is 97.6 Å². The van der Waals surface area contributed by atoms with Crippen LogP contribution in [-0.4, -0.2) is 22.9 Å². The molecule has 0 fully saturated rings. The molecule has 0 saturated heterocycles. The molecule has 88 valence electrons. The van der Waals surface area contributed by atoms with Crippen LogP contribution >= 0.6 is 0 Å². The maximum atomic E-state index is 12.8. The Balaban J connectivity index is 2.52. The summed E-state index contributed by atoms with van der Waals surface area (Å²) in [6, 6.07) is 5.87. The molecule has 0 amide bonds. The van der Waals surface area contributed by atoms with Gasteiger partial charge in [0, 0.05) is 12.6 Å². The van der Waals surface area contributed by atoms with Gasteiger partial charge in [-0.05, 0) is 17.7 Å². The highest BCUT2D eigenvalue weighted by molar-refractivity contribution is 5.95. The van der Waals surface area contributed by atoms with Crippen molar-refractivity contribution in [3.8, 4) is 11.1 Å². The SMILES string of the molecule is COC(=O)c1c(-c2ccc(F)cc2)cnn1C. The van der Waals surface area contributed by atoms with Gasteiger partial charge in [-0.25, -0.2) is 9.18 Å². The first-order valence-corrected chi connectivity index (χ1v) is 4.99. The van der Waals surface area contributed by atoms with E-state index in [9.17, 15) is 9.18 Å². The summed E-state index contributed by atoms with van der Waals surface area (Å²) >= 11 is 0. The summed E-state index contributed by atoms with van der Waals surface area (Å²) in [5.41, 5.74) is 1.69. The Kier molecular flexibility index (Phi) is 2.91. The van der Waals surface area contributed by atoms with Gasteiger partial charge in [0.15, 0.2) is 5.69 Å². The molecule has 17 heavy (non-hydrogen) atoms. The number of halogens is 1. The van der Waals surface area contributed by atoms with Crippen molar-refractivity contribution in [1.82, 2.24) is 9.78 Å². The number of carbonyl (C=O) groups excluding carboxylic acids is 1. The molecule has 5 heteroatoms. The summed E-state index contributed by atoms with van der Waals surface area (Å²) in [6.45, 7) is 0. The number of rotatable bonds is 2. The number of benzene rings is 1. The van der Waals surface area contributed by atoms with Crippen LogP contribution in [0.3, 0.4) is 0 Å². The lowest BCUT2D eigenvalue weighted by Crippen LogP contribution is -2.09. The van der Waals surface area contributed by atoms with E-state index in [-0.39, 0.29) is 5.82 Å². The van der Waals surface area contributed by atoms with Gasteiger partial charge in [0.1, 0.15) is 5.82 Å². The number of carbonyl (C=O) groups is 1. The fourth-order valence-electron chi connectivity index (χ4n) is 1.62. The second-order valence-electron chi connectivity index (χ2n) is 3.53. The van der Waals surface area contributed by atoms with Gasteiger partial charge in [0.2, 0.25) is 0 Å². The van der Waals surface area contributed by atoms with Crippen LogP contribution in [0.2, 0.25) is 0 Å². The lowest BCUT2D eigenvalue weighted by atomic mass is 10.1. The normalized spacial score (nSPS) is 10.3. The standard InChI is InChI=1S/C12H11FN2O2/c1-15-11(12(16)17-2)10(7-14-15)8-3-5-9(13)6-4-8/h3-7H,1-2H3. The second-order valence-corrected chi connectivity index (χ2v) is 3.53. The van der Waals surface area contributed by atoms with Crippen molar-refractivity contribution in [3.05, 3.63) is 42.0 Å². The van der Waals surface area contributed by atoms with Gasteiger partial charge in [0.05, 0.1) is 13.3 Å². The predicted octanol–water partition coefficient (Wildman–Crippen LogP) is 2.01. The van der Waals surface area contributed by atoms with Crippen molar-refractivity contribution in [3.63, 3.8) is 0 Å². The maximum absolute atomic E-state index is 12.8. The topological polar surface area (TPSA) is 44.1 Å². The molecule has 0 aliphatic carbocycles. The van der Waals surface area contributed by atoms with E-state index in [1.54, 1.807) is 25.4 Å². The van der Waals surface area contributed by atoms with Crippen LogP contribution in [0.5, 0.6) is 0 Å². The molecular weight excluding hydrogens is 223 g/mol. The first-order chi connectivity index (χ1) is 8.13. The minimum Gasteiger partial charge on any atom is -0.464 e. The van der Waals surface area contributed by atoms with Crippen LogP contribution in [-0.2, 0) is 11.8 Å². The molecule has 0 aliphatic heterocycles. The Morgan fingerprint density at radius 2 is 2.00 bits per heavy atom. The van der Waals surface area contributed by atoms with E-state index in [0.717, 1.165) is 5.56 Å². The van der Waals surface area contributed by atoms with Crippen molar-refractivity contribution in [2.75, 3.05) is 7.11 Å². The van der Waals surface area contributed by atoms with Gasteiger partial charge in [-0.2, -0.15) is 5.10 Å². The smallest absolute Gasteiger partial charge is 0.356 e. The third-order valence-electron chi connectivity index (χ3n) is 2.47. The number of aryl methyl sites for hydroxylation is 1. The van der Waals surface area contributed by atoms with Crippen LogP contribution < -0.4 is 0 Å². The summed E-state index contributed by atoms with van der Waals surface area (Å²) < 4.78 is 18.9. The monoisotopic (exact) mass is 234 g/mol. The van der Waals surface area contributed by atoms with Crippen molar-refractivity contribution >= 4 is 5.97 Å². The molecule has 0 spiro atoms. The van der Waals surface area contributed by atoms with Crippen molar-refractivity contribution < 1.29 is 13.9 Å². The molecule has 0 atom stereocenters. The highest BCUT2D eigenvalue weighted by atomic mass is 19.1. The molecule has 1 heterocycles. The predicted molar refractivity (Wildman–Crippen MR) is 59.9 cm³/mol. The highest BCUT2D eigenvalue weighted by Gasteiger charge is 2.18. The highest BCUT2D eigenvalue weighted by Crippen LogP contribution is 2.23.